The topological polar surface area (TPSA) is 59.0 Å². The summed E-state index contributed by atoms with van der Waals surface area (Å²) < 4.78 is 1.91. The first-order valence-electron chi connectivity index (χ1n) is 10.1. The normalized spacial score (nSPS) is 14.7. The van der Waals surface area contributed by atoms with Crippen LogP contribution in [-0.2, 0) is 0 Å². The minimum atomic E-state index is -0.234. The number of rotatable bonds is 4. The van der Waals surface area contributed by atoms with Gasteiger partial charge in [0, 0.05) is 5.92 Å². The number of anilines is 1. The van der Waals surface area contributed by atoms with Crippen LogP contribution in [0, 0.1) is 13.8 Å². The Balaban J connectivity index is 1.75. The van der Waals surface area contributed by atoms with E-state index in [4.69, 9.17) is 23.2 Å². The lowest BCUT2D eigenvalue weighted by atomic mass is 9.91. The maximum atomic E-state index is 13.2. The van der Waals surface area contributed by atoms with Crippen molar-refractivity contribution in [3.05, 3.63) is 75.0 Å². The van der Waals surface area contributed by atoms with E-state index in [1.165, 1.54) is 11.1 Å². The average Bonchev–Trinajstić information content (AvgIpc) is 3.19. The summed E-state index contributed by atoms with van der Waals surface area (Å²) in [5.74, 6) is 0.00808. The van der Waals surface area contributed by atoms with Crippen LogP contribution in [-0.4, -0.2) is 28.8 Å². The molecule has 1 aromatic heterocycles. The van der Waals surface area contributed by atoms with Gasteiger partial charge in [-0.25, -0.2) is 4.68 Å². The van der Waals surface area contributed by atoms with Gasteiger partial charge in [0.05, 0.1) is 38.9 Å². The third-order valence-corrected chi connectivity index (χ3v) is 6.53. The first kappa shape index (κ1) is 20.9. The summed E-state index contributed by atoms with van der Waals surface area (Å²) in [7, 11) is 0. The lowest BCUT2D eigenvalue weighted by Crippen LogP contribution is -2.29. The molecule has 2 heterocycles. The highest BCUT2D eigenvalue weighted by Crippen LogP contribution is 2.33. The number of hydrogen-bond donors (Lipinski definition) is 2. The summed E-state index contributed by atoms with van der Waals surface area (Å²) in [4.78, 5) is 13.2. The van der Waals surface area contributed by atoms with Crippen molar-refractivity contribution in [2.45, 2.75) is 32.6 Å². The Hall–Kier alpha value is -2.34. The maximum absolute atomic E-state index is 13.2. The number of aryl methyl sites for hydroxylation is 2. The van der Waals surface area contributed by atoms with Gasteiger partial charge in [0.15, 0.2) is 0 Å². The van der Waals surface area contributed by atoms with Gasteiger partial charge in [0.2, 0.25) is 0 Å². The van der Waals surface area contributed by atoms with Crippen molar-refractivity contribution in [3.8, 4) is 5.69 Å². The largest absolute Gasteiger partial charge is 0.320 e. The molecule has 1 fully saturated rings. The number of piperidine rings is 1. The Bertz CT molecular complexity index is 1090. The molecule has 30 heavy (non-hydrogen) atoms. The van der Waals surface area contributed by atoms with Crippen molar-refractivity contribution in [1.82, 2.24) is 15.1 Å². The first-order chi connectivity index (χ1) is 14.5. The molecule has 3 aromatic rings. The van der Waals surface area contributed by atoms with E-state index >= 15 is 0 Å². The summed E-state index contributed by atoms with van der Waals surface area (Å²) >= 11 is 12.4. The molecule has 0 saturated carbocycles. The lowest BCUT2D eigenvalue weighted by Gasteiger charge is -2.25. The second-order valence-electron chi connectivity index (χ2n) is 7.70. The van der Waals surface area contributed by atoms with E-state index in [-0.39, 0.29) is 11.8 Å². The van der Waals surface area contributed by atoms with E-state index in [1.807, 2.05) is 4.68 Å². The molecule has 0 aliphatic carbocycles. The van der Waals surface area contributed by atoms with Crippen LogP contribution in [0.3, 0.4) is 0 Å². The maximum Gasteiger partial charge on any atom is 0.259 e. The highest BCUT2D eigenvalue weighted by Gasteiger charge is 2.27. The number of aromatic nitrogens is 2. The number of benzene rings is 2. The van der Waals surface area contributed by atoms with Crippen molar-refractivity contribution in [2.75, 3.05) is 18.4 Å². The zero-order valence-corrected chi connectivity index (χ0v) is 18.5. The van der Waals surface area contributed by atoms with Gasteiger partial charge in [-0.15, -0.1) is 0 Å². The Labute approximate surface area is 186 Å². The molecule has 0 bridgehead atoms. The minimum Gasteiger partial charge on any atom is -0.320 e. The average molecular weight is 443 g/mol. The van der Waals surface area contributed by atoms with Crippen molar-refractivity contribution in [2.24, 2.45) is 0 Å². The number of carbonyl (C=O) groups is 1. The second-order valence-corrected chi connectivity index (χ2v) is 8.49. The van der Waals surface area contributed by atoms with Gasteiger partial charge in [0.25, 0.3) is 5.91 Å². The van der Waals surface area contributed by atoms with Gasteiger partial charge in [-0.2, -0.15) is 5.10 Å². The third kappa shape index (κ3) is 4.10. The molecule has 1 aliphatic rings. The number of halogens is 2. The summed E-state index contributed by atoms with van der Waals surface area (Å²) in [6.45, 7) is 6.01. The van der Waals surface area contributed by atoms with Gasteiger partial charge in [-0.1, -0.05) is 35.3 Å². The van der Waals surface area contributed by atoms with Crippen molar-refractivity contribution in [3.63, 3.8) is 0 Å². The highest BCUT2D eigenvalue weighted by molar-refractivity contribution is 6.44. The van der Waals surface area contributed by atoms with Crippen LogP contribution in [0.25, 0.3) is 5.69 Å². The molecule has 7 heteroatoms. The van der Waals surface area contributed by atoms with Crippen molar-refractivity contribution >= 4 is 34.8 Å². The predicted molar refractivity (Wildman–Crippen MR) is 122 cm³/mol. The van der Waals surface area contributed by atoms with E-state index in [2.05, 4.69) is 47.8 Å². The second kappa shape index (κ2) is 8.80. The molecule has 0 spiro atoms. The van der Waals surface area contributed by atoms with Crippen LogP contribution in [0.4, 0.5) is 5.69 Å². The van der Waals surface area contributed by atoms with Gasteiger partial charge >= 0.3 is 0 Å². The molecule has 0 unspecified atom stereocenters. The van der Waals surface area contributed by atoms with Crippen LogP contribution < -0.4 is 10.6 Å². The van der Waals surface area contributed by atoms with E-state index < -0.39 is 0 Å². The van der Waals surface area contributed by atoms with Gasteiger partial charge in [0.1, 0.15) is 0 Å². The molecular weight excluding hydrogens is 419 g/mol. The number of amides is 1. The Morgan fingerprint density at radius 1 is 1.13 bits per heavy atom. The van der Waals surface area contributed by atoms with Gasteiger partial charge in [-0.05, 0) is 75.2 Å². The Kier molecular flexibility index (Phi) is 6.14. The molecule has 2 N–H and O–H groups in total. The highest BCUT2D eigenvalue weighted by atomic mass is 35.5. The Morgan fingerprint density at radius 2 is 1.90 bits per heavy atom. The minimum absolute atomic E-state index is 0.234. The van der Waals surface area contributed by atoms with E-state index in [1.54, 1.807) is 24.4 Å². The van der Waals surface area contributed by atoms with E-state index in [0.717, 1.165) is 37.3 Å². The van der Waals surface area contributed by atoms with Crippen LogP contribution in [0.5, 0.6) is 0 Å². The van der Waals surface area contributed by atoms with E-state index in [9.17, 15) is 4.79 Å². The predicted octanol–water partition coefficient (Wildman–Crippen LogP) is 5.52. The van der Waals surface area contributed by atoms with Crippen LogP contribution in [0.2, 0.25) is 10.0 Å². The molecule has 4 rings (SSSR count). The lowest BCUT2D eigenvalue weighted by molar-refractivity contribution is 0.102. The smallest absolute Gasteiger partial charge is 0.259 e. The molecule has 0 radical (unpaired) electrons. The van der Waals surface area contributed by atoms with E-state index in [0.29, 0.717) is 21.3 Å². The molecule has 156 valence electrons. The molecular formula is C23H24Cl2N4O. The number of hydrogen-bond acceptors (Lipinski definition) is 3. The summed E-state index contributed by atoms with van der Waals surface area (Å²) in [5, 5.41) is 11.6. The molecule has 2 aromatic carbocycles. The third-order valence-electron chi connectivity index (χ3n) is 5.71. The zero-order valence-electron chi connectivity index (χ0n) is 17.0. The van der Waals surface area contributed by atoms with Gasteiger partial charge in [-0.3, -0.25) is 4.79 Å². The monoisotopic (exact) mass is 442 g/mol. The fraction of sp³-hybridized carbons (Fsp3) is 0.304. The first-order valence-corrected chi connectivity index (χ1v) is 10.8. The van der Waals surface area contributed by atoms with Gasteiger partial charge < -0.3 is 10.6 Å². The number of nitrogens with zero attached hydrogens (tertiary/aromatic N) is 2. The van der Waals surface area contributed by atoms with Crippen LogP contribution in [0.15, 0.2) is 42.6 Å². The SMILES string of the molecule is Cc1ccc(-n2ncc(C(=O)Nc3cccc(Cl)c3Cl)c2C2CCNCC2)cc1C. The standard InChI is InChI=1S/C23H24Cl2N4O/c1-14-6-7-17(12-15(14)2)29-22(16-8-10-26-11-9-16)18(13-27-29)23(30)28-20-5-3-4-19(24)21(20)25/h3-7,12-13,16,26H,8-11H2,1-2H3,(H,28,30). The summed E-state index contributed by atoms with van der Waals surface area (Å²) in [6, 6.07) is 11.4. The summed E-state index contributed by atoms with van der Waals surface area (Å²) in [6.07, 6.45) is 3.56. The number of nitrogens with one attached hydrogen (secondary N) is 2. The zero-order chi connectivity index (χ0) is 21.3. The van der Waals surface area contributed by atoms with Crippen LogP contribution >= 0.6 is 23.2 Å². The molecule has 0 atom stereocenters. The molecule has 5 nitrogen and oxygen atoms in total. The molecule has 1 saturated heterocycles. The Morgan fingerprint density at radius 3 is 2.63 bits per heavy atom. The molecule has 1 amide bonds. The molecule has 1 aliphatic heterocycles. The van der Waals surface area contributed by atoms with Crippen molar-refractivity contribution in [1.29, 1.82) is 0 Å². The fourth-order valence-corrected chi connectivity index (χ4v) is 4.22. The fourth-order valence-electron chi connectivity index (χ4n) is 3.87. The van der Waals surface area contributed by atoms with Crippen molar-refractivity contribution < 1.29 is 4.79 Å². The number of carbonyl (C=O) groups excluding carboxylic acids is 1. The quantitative estimate of drug-likeness (QED) is 0.559. The summed E-state index contributed by atoms with van der Waals surface area (Å²) in [5.41, 5.74) is 5.38. The van der Waals surface area contributed by atoms with Crippen LogP contribution in [0.1, 0.15) is 45.9 Å².